The first-order valence-electron chi connectivity index (χ1n) is 6.44. The molecule has 2 unspecified atom stereocenters. The van der Waals surface area contributed by atoms with Gasteiger partial charge in [-0.25, -0.2) is 4.79 Å². The van der Waals surface area contributed by atoms with Crippen molar-refractivity contribution < 1.29 is 14.6 Å². The lowest BCUT2D eigenvalue weighted by Gasteiger charge is -2.48. The fourth-order valence-electron chi connectivity index (χ4n) is 2.53. The third kappa shape index (κ3) is 3.48. The van der Waals surface area contributed by atoms with Crippen LogP contribution in [0.3, 0.4) is 0 Å². The molecule has 4 heteroatoms. The minimum Gasteiger partial charge on any atom is -0.465 e. The fourth-order valence-corrected chi connectivity index (χ4v) is 2.53. The topological polar surface area (TPSA) is 49.8 Å². The Labute approximate surface area is 110 Å². The zero-order valence-corrected chi connectivity index (χ0v) is 11.9. The molecule has 1 aliphatic rings. The van der Waals surface area contributed by atoms with Crippen LogP contribution in [0.5, 0.6) is 0 Å². The molecular formula is C14H25NO3. The summed E-state index contributed by atoms with van der Waals surface area (Å²) in [6, 6.07) is -0.0152. The van der Waals surface area contributed by atoms with E-state index in [0.717, 1.165) is 12.8 Å². The maximum Gasteiger partial charge on any atom is 0.407 e. The van der Waals surface area contributed by atoms with Crippen LogP contribution in [0.15, 0.2) is 12.7 Å². The summed E-state index contributed by atoms with van der Waals surface area (Å²) < 4.78 is 5.84. The van der Waals surface area contributed by atoms with Crippen LogP contribution in [0.25, 0.3) is 0 Å². The van der Waals surface area contributed by atoms with Crippen molar-refractivity contribution in [3.05, 3.63) is 12.7 Å². The van der Waals surface area contributed by atoms with E-state index in [-0.39, 0.29) is 17.1 Å². The van der Waals surface area contributed by atoms with Gasteiger partial charge in [0.25, 0.3) is 0 Å². The number of amides is 1. The molecule has 0 aliphatic carbocycles. The molecule has 1 rings (SSSR count). The maximum absolute atomic E-state index is 11.3. The van der Waals surface area contributed by atoms with Crippen LogP contribution in [0, 0.1) is 5.41 Å². The van der Waals surface area contributed by atoms with Crippen molar-refractivity contribution in [1.29, 1.82) is 0 Å². The van der Waals surface area contributed by atoms with Crippen molar-refractivity contribution in [3.63, 3.8) is 0 Å². The summed E-state index contributed by atoms with van der Waals surface area (Å²) in [6.45, 7) is 13.0. The van der Waals surface area contributed by atoms with E-state index >= 15 is 0 Å². The molecule has 104 valence electrons. The molecule has 0 aromatic heterocycles. The first-order chi connectivity index (χ1) is 8.19. The van der Waals surface area contributed by atoms with Crippen LogP contribution >= 0.6 is 0 Å². The van der Waals surface area contributed by atoms with E-state index in [2.05, 4.69) is 34.3 Å². The Morgan fingerprint density at radius 1 is 1.61 bits per heavy atom. The van der Waals surface area contributed by atoms with E-state index in [9.17, 15) is 9.90 Å². The first-order valence-corrected chi connectivity index (χ1v) is 6.44. The van der Waals surface area contributed by atoms with Gasteiger partial charge in [0.1, 0.15) is 0 Å². The second-order valence-electron chi connectivity index (χ2n) is 6.36. The van der Waals surface area contributed by atoms with Crippen molar-refractivity contribution in [3.8, 4) is 0 Å². The van der Waals surface area contributed by atoms with Crippen LogP contribution in [-0.4, -0.2) is 40.9 Å². The predicted molar refractivity (Wildman–Crippen MR) is 71.8 cm³/mol. The highest BCUT2D eigenvalue weighted by atomic mass is 16.5. The lowest BCUT2D eigenvalue weighted by Crippen LogP contribution is -2.56. The molecule has 2 atom stereocenters. The molecule has 0 saturated carbocycles. The number of ether oxygens (including phenoxy) is 1. The maximum atomic E-state index is 11.3. The fraction of sp³-hybridized carbons (Fsp3) is 0.786. The Hall–Kier alpha value is -1.03. The summed E-state index contributed by atoms with van der Waals surface area (Å²) in [5.74, 6) is 0. The Morgan fingerprint density at radius 3 is 2.67 bits per heavy atom. The molecule has 1 N–H and O–H groups in total. The number of likely N-dealkylation sites (tertiary alicyclic amines) is 1. The number of rotatable bonds is 3. The van der Waals surface area contributed by atoms with Gasteiger partial charge in [-0.15, -0.1) is 6.58 Å². The summed E-state index contributed by atoms with van der Waals surface area (Å²) in [5.41, 5.74) is -0.338. The highest BCUT2D eigenvalue weighted by Gasteiger charge is 2.44. The zero-order chi connectivity index (χ0) is 14.0. The molecule has 0 aromatic carbocycles. The standard InChI is InChI=1S/C14H25NO3/c1-6-9-18-14(5)7-8-15(12(16)17)11(10-14)13(2,3)4/h6,11H,1,7-10H2,2-5H3,(H,16,17). The van der Waals surface area contributed by atoms with Gasteiger partial charge in [0, 0.05) is 12.6 Å². The van der Waals surface area contributed by atoms with Crippen LogP contribution < -0.4 is 0 Å². The van der Waals surface area contributed by atoms with E-state index in [0.29, 0.717) is 13.2 Å². The molecule has 18 heavy (non-hydrogen) atoms. The van der Waals surface area contributed by atoms with Gasteiger partial charge in [-0.05, 0) is 25.2 Å². The average molecular weight is 255 g/mol. The quantitative estimate of drug-likeness (QED) is 0.788. The monoisotopic (exact) mass is 255 g/mol. The number of piperidine rings is 1. The van der Waals surface area contributed by atoms with Gasteiger partial charge < -0.3 is 14.7 Å². The van der Waals surface area contributed by atoms with E-state index < -0.39 is 6.09 Å². The third-order valence-corrected chi connectivity index (χ3v) is 3.68. The SMILES string of the molecule is C=CCOC1(C)CCN(C(=O)O)C(C(C)(C)C)C1. The van der Waals surface area contributed by atoms with Crippen molar-refractivity contribution in [2.45, 2.75) is 52.2 Å². The van der Waals surface area contributed by atoms with Crippen LogP contribution in [-0.2, 0) is 4.74 Å². The normalized spacial score (nSPS) is 29.1. The Bertz CT molecular complexity index is 321. The summed E-state index contributed by atoms with van der Waals surface area (Å²) in [4.78, 5) is 12.9. The van der Waals surface area contributed by atoms with E-state index in [1.54, 1.807) is 11.0 Å². The van der Waals surface area contributed by atoms with E-state index in [1.807, 2.05) is 0 Å². The second-order valence-corrected chi connectivity index (χ2v) is 6.36. The molecule has 1 fully saturated rings. The van der Waals surface area contributed by atoms with Crippen molar-refractivity contribution in [2.75, 3.05) is 13.2 Å². The molecule has 1 heterocycles. The van der Waals surface area contributed by atoms with Crippen LogP contribution in [0.1, 0.15) is 40.5 Å². The smallest absolute Gasteiger partial charge is 0.407 e. The van der Waals surface area contributed by atoms with Gasteiger partial charge in [-0.2, -0.15) is 0 Å². The van der Waals surface area contributed by atoms with Crippen molar-refractivity contribution in [2.24, 2.45) is 5.41 Å². The predicted octanol–water partition coefficient (Wildman–Crippen LogP) is 3.14. The lowest BCUT2D eigenvalue weighted by atomic mass is 9.75. The van der Waals surface area contributed by atoms with Gasteiger partial charge in [-0.3, -0.25) is 0 Å². The number of hydrogen-bond acceptors (Lipinski definition) is 2. The van der Waals surface area contributed by atoms with Gasteiger partial charge in [0.05, 0.1) is 12.2 Å². The van der Waals surface area contributed by atoms with Crippen molar-refractivity contribution >= 4 is 6.09 Å². The summed E-state index contributed by atoms with van der Waals surface area (Å²) in [7, 11) is 0. The van der Waals surface area contributed by atoms with Crippen molar-refractivity contribution in [1.82, 2.24) is 4.90 Å². The molecule has 0 radical (unpaired) electrons. The van der Waals surface area contributed by atoms with Gasteiger partial charge >= 0.3 is 6.09 Å². The Morgan fingerprint density at radius 2 is 2.22 bits per heavy atom. The van der Waals surface area contributed by atoms with Gasteiger partial charge in [0.15, 0.2) is 0 Å². The average Bonchev–Trinajstić information content (AvgIpc) is 2.25. The molecular weight excluding hydrogens is 230 g/mol. The largest absolute Gasteiger partial charge is 0.465 e. The van der Waals surface area contributed by atoms with Crippen LogP contribution in [0.2, 0.25) is 0 Å². The number of carbonyl (C=O) groups is 1. The number of carboxylic acid groups (broad SMARTS) is 1. The second kappa shape index (κ2) is 5.31. The first kappa shape index (κ1) is 15.0. The van der Waals surface area contributed by atoms with Gasteiger partial charge in [0.2, 0.25) is 0 Å². The van der Waals surface area contributed by atoms with E-state index in [4.69, 9.17) is 4.74 Å². The summed E-state index contributed by atoms with van der Waals surface area (Å²) in [6.07, 6.45) is 2.37. The van der Waals surface area contributed by atoms with Crippen LogP contribution in [0.4, 0.5) is 4.79 Å². The highest BCUT2D eigenvalue weighted by molar-refractivity contribution is 5.65. The van der Waals surface area contributed by atoms with Gasteiger partial charge in [-0.1, -0.05) is 26.8 Å². The summed E-state index contributed by atoms with van der Waals surface area (Å²) >= 11 is 0. The molecule has 0 spiro atoms. The highest BCUT2D eigenvalue weighted by Crippen LogP contribution is 2.38. The molecule has 0 bridgehead atoms. The number of hydrogen-bond donors (Lipinski definition) is 1. The van der Waals surface area contributed by atoms with E-state index in [1.165, 1.54) is 0 Å². The minimum atomic E-state index is -0.833. The lowest BCUT2D eigenvalue weighted by molar-refractivity contribution is -0.0897. The minimum absolute atomic E-state index is 0.0152. The summed E-state index contributed by atoms with van der Waals surface area (Å²) in [5, 5.41) is 9.29. The Balaban J connectivity index is 2.85. The molecule has 1 aliphatic heterocycles. The molecule has 4 nitrogen and oxygen atoms in total. The third-order valence-electron chi connectivity index (χ3n) is 3.68. The zero-order valence-electron chi connectivity index (χ0n) is 11.9. The number of nitrogens with zero attached hydrogens (tertiary/aromatic N) is 1. The molecule has 0 aromatic rings. The molecule has 1 amide bonds. The Kier molecular flexibility index (Phi) is 4.43. The molecule has 1 saturated heterocycles.